The first kappa shape index (κ1) is 18.0. The Morgan fingerprint density at radius 3 is 2.23 bits per heavy atom. The summed E-state index contributed by atoms with van der Waals surface area (Å²) in [6.45, 7) is 2.75. The quantitative estimate of drug-likeness (QED) is 0.866. The van der Waals surface area contributed by atoms with Crippen molar-refractivity contribution in [1.82, 2.24) is 4.90 Å². The molecule has 0 spiro atoms. The largest absolute Gasteiger partial charge is 0.496 e. The van der Waals surface area contributed by atoms with Crippen molar-refractivity contribution >= 4 is 21.7 Å². The van der Waals surface area contributed by atoms with Crippen LogP contribution in [-0.4, -0.2) is 56.3 Å². The third-order valence-corrected chi connectivity index (χ3v) is 4.61. The number of likely N-dealkylation sites (N-methyl/N-ethyl adjacent to an activating group) is 1. The Bertz CT molecular complexity index is 708. The number of methoxy groups -OCH3 is 1. The van der Waals surface area contributed by atoms with E-state index < -0.39 is 27.3 Å². The van der Waals surface area contributed by atoms with Gasteiger partial charge < -0.3 is 14.7 Å². The van der Waals surface area contributed by atoms with Gasteiger partial charge in [-0.05, 0) is 32.0 Å². The Morgan fingerprint density at radius 2 is 1.82 bits per heavy atom. The first-order chi connectivity index (χ1) is 9.92. The monoisotopic (exact) mass is 329 g/mol. The Labute approximate surface area is 129 Å². The smallest absolute Gasteiger partial charge is 0.329 e. The molecule has 0 unspecified atom stereocenters. The van der Waals surface area contributed by atoms with Crippen molar-refractivity contribution in [2.45, 2.75) is 24.3 Å². The van der Waals surface area contributed by atoms with Crippen LogP contribution < -0.4 is 4.74 Å². The predicted octanol–water partition coefficient (Wildman–Crippen LogP) is 1.03. The van der Waals surface area contributed by atoms with E-state index in [1.54, 1.807) is 0 Å². The molecular formula is C14H19NO6S. The van der Waals surface area contributed by atoms with Crippen LogP contribution in [0.4, 0.5) is 0 Å². The van der Waals surface area contributed by atoms with E-state index >= 15 is 0 Å². The van der Waals surface area contributed by atoms with Crippen LogP contribution in [0.5, 0.6) is 5.75 Å². The van der Waals surface area contributed by atoms with Crippen LogP contribution in [-0.2, 0) is 14.6 Å². The molecule has 1 N–H and O–H groups in total. The summed E-state index contributed by atoms with van der Waals surface area (Å²) >= 11 is 0. The lowest BCUT2D eigenvalue weighted by atomic mass is 10.0. The van der Waals surface area contributed by atoms with Gasteiger partial charge in [-0.15, -0.1) is 0 Å². The summed E-state index contributed by atoms with van der Waals surface area (Å²) in [4.78, 5) is 24.8. The molecule has 0 aromatic heterocycles. The summed E-state index contributed by atoms with van der Waals surface area (Å²) in [5.41, 5.74) is -1.47. The topological polar surface area (TPSA) is 101 Å². The number of carboxylic acids is 1. The van der Waals surface area contributed by atoms with Gasteiger partial charge in [0.2, 0.25) is 0 Å². The molecule has 0 bridgehead atoms. The van der Waals surface area contributed by atoms with Gasteiger partial charge in [0, 0.05) is 13.3 Å². The highest BCUT2D eigenvalue weighted by Crippen LogP contribution is 2.26. The number of rotatable bonds is 5. The summed E-state index contributed by atoms with van der Waals surface area (Å²) in [6, 6.07) is 3.88. The van der Waals surface area contributed by atoms with Crippen molar-refractivity contribution in [2.75, 3.05) is 20.4 Å². The van der Waals surface area contributed by atoms with Crippen LogP contribution in [0.2, 0.25) is 0 Å². The minimum Gasteiger partial charge on any atom is -0.496 e. The molecule has 0 heterocycles. The Hall–Kier alpha value is -2.09. The second-order valence-corrected chi connectivity index (χ2v) is 7.38. The minimum atomic E-state index is -3.50. The number of amides is 1. The number of nitrogens with zero attached hydrogens (tertiary/aromatic N) is 1. The highest BCUT2D eigenvalue weighted by atomic mass is 32.2. The zero-order valence-electron chi connectivity index (χ0n) is 13.1. The number of carbonyl (C=O) groups is 2. The highest BCUT2D eigenvalue weighted by Gasteiger charge is 2.36. The molecule has 0 aliphatic heterocycles. The Balaban J connectivity index is 3.41. The zero-order chi connectivity index (χ0) is 17.3. The maximum atomic E-state index is 12.5. The van der Waals surface area contributed by atoms with Gasteiger partial charge in [0.1, 0.15) is 11.3 Å². The highest BCUT2D eigenvalue weighted by molar-refractivity contribution is 7.90. The first-order valence-electron chi connectivity index (χ1n) is 6.32. The number of aliphatic carboxylic acids is 1. The van der Waals surface area contributed by atoms with E-state index in [4.69, 9.17) is 4.74 Å². The van der Waals surface area contributed by atoms with Crippen LogP contribution in [0, 0.1) is 0 Å². The van der Waals surface area contributed by atoms with Gasteiger partial charge in [-0.25, -0.2) is 13.2 Å². The number of hydrogen-bond donors (Lipinski definition) is 1. The van der Waals surface area contributed by atoms with Crippen LogP contribution in [0.15, 0.2) is 23.1 Å². The van der Waals surface area contributed by atoms with Crippen LogP contribution in [0.3, 0.4) is 0 Å². The van der Waals surface area contributed by atoms with Gasteiger partial charge >= 0.3 is 5.97 Å². The molecule has 1 rings (SSSR count). The third-order valence-electron chi connectivity index (χ3n) is 3.50. The van der Waals surface area contributed by atoms with Crippen LogP contribution in [0.25, 0.3) is 0 Å². The van der Waals surface area contributed by atoms with Gasteiger partial charge in [0.05, 0.1) is 17.6 Å². The van der Waals surface area contributed by atoms with Crippen molar-refractivity contribution in [1.29, 1.82) is 0 Å². The van der Waals surface area contributed by atoms with E-state index in [0.717, 1.165) is 11.2 Å². The SMILES string of the molecule is COc1ccc(S(C)(=O)=O)cc1C(=O)N(C)C(C)(C)C(=O)O. The maximum absolute atomic E-state index is 12.5. The average molecular weight is 329 g/mol. The molecule has 0 radical (unpaired) electrons. The van der Waals surface area contributed by atoms with E-state index in [0.29, 0.717) is 0 Å². The predicted molar refractivity (Wildman–Crippen MR) is 79.9 cm³/mol. The fourth-order valence-electron chi connectivity index (χ4n) is 1.66. The lowest BCUT2D eigenvalue weighted by Crippen LogP contribution is -2.50. The molecule has 0 aliphatic rings. The zero-order valence-corrected chi connectivity index (χ0v) is 13.9. The summed E-state index contributed by atoms with van der Waals surface area (Å²) in [7, 11) is -0.826. The molecule has 0 fully saturated rings. The minimum absolute atomic E-state index is 0.0118. The Kier molecular flexibility index (Phi) is 4.86. The molecule has 1 aromatic rings. The molecule has 1 amide bonds. The number of benzene rings is 1. The summed E-state index contributed by atoms with van der Waals surface area (Å²) < 4.78 is 28.3. The van der Waals surface area contributed by atoms with E-state index in [1.807, 2.05) is 0 Å². The standard InChI is InChI=1S/C14H19NO6S/c1-14(2,13(17)18)15(3)12(16)10-8-9(22(5,19)20)6-7-11(10)21-4/h6-8H,1-5H3,(H,17,18). The molecule has 0 saturated carbocycles. The molecule has 7 nitrogen and oxygen atoms in total. The fraction of sp³-hybridized carbons (Fsp3) is 0.429. The fourth-order valence-corrected chi connectivity index (χ4v) is 2.31. The lowest BCUT2D eigenvalue weighted by molar-refractivity contribution is -0.147. The molecule has 0 saturated heterocycles. The van der Waals surface area contributed by atoms with E-state index in [2.05, 4.69) is 0 Å². The average Bonchev–Trinajstić information content (AvgIpc) is 2.43. The van der Waals surface area contributed by atoms with Crippen molar-refractivity contribution in [3.05, 3.63) is 23.8 Å². The molecule has 0 atom stereocenters. The number of ether oxygens (including phenoxy) is 1. The van der Waals surface area contributed by atoms with Crippen molar-refractivity contribution in [2.24, 2.45) is 0 Å². The number of hydrogen-bond acceptors (Lipinski definition) is 5. The molecule has 8 heteroatoms. The van der Waals surface area contributed by atoms with Gasteiger partial charge in [0.15, 0.2) is 9.84 Å². The van der Waals surface area contributed by atoms with Crippen molar-refractivity contribution in [3.63, 3.8) is 0 Å². The number of sulfone groups is 1. The second kappa shape index (κ2) is 5.96. The van der Waals surface area contributed by atoms with Gasteiger partial charge in [-0.2, -0.15) is 0 Å². The van der Waals surface area contributed by atoms with Gasteiger partial charge in [-0.1, -0.05) is 0 Å². The van der Waals surface area contributed by atoms with E-state index in [-0.39, 0.29) is 16.2 Å². The van der Waals surface area contributed by atoms with E-state index in [9.17, 15) is 23.1 Å². The maximum Gasteiger partial charge on any atom is 0.329 e. The Morgan fingerprint density at radius 1 is 1.27 bits per heavy atom. The summed E-state index contributed by atoms with van der Waals surface area (Å²) in [5, 5.41) is 9.20. The summed E-state index contributed by atoms with van der Waals surface area (Å²) in [6.07, 6.45) is 1.02. The molecule has 22 heavy (non-hydrogen) atoms. The van der Waals surface area contributed by atoms with Crippen LogP contribution >= 0.6 is 0 Å². The van der Waals surface area contributed by atoms with E-state index in [1.165, 1.54) is 46.2 Å². The van der Waals surface area contributed by atoms with Crippen molar-refractivity contribution < 1.29 is 27.9 Å². The van der Waals surface area contributed by atoms with Gasteiger partial charge in [0.25, 0.3) is 5.91 Å². The van der Waals surface area contributed by atoms with Crippen LogP contribution in [0.1, 0.15) is 24.2 Å². The lowest BCUT2D eigenvalue weighted by Gasteiger charge is -2.32. The third kappa shape index (κ3) is 3.38. The second-order valence-electron chi connectivity index (χ2n) is 5.36. The van der Waals surface area contributed by atoms with Crippen molar-refractivity contribution in [3.8, 4) is 5.75 Å². The number of carboxylic acid groups (broad SMARTS) is 1. The normalized spacial score (nSPS) is 11.9. The van der Waals surface area contributed by atoms with Gasteiger partial charge in [-0.3, -0.25) is 4.79 Å². The molecule has 122 valence electrons. The molecular weight excluding hydrogens is 310 g/mol. The molecule has 1 aromatic carbocycles. The molecule has 0 aliphatic carbocycles. The first-order valence-corrected chi connectivity index (χ1v) is 8.21. The number of carbonyl (C=O) groups excluding carboxylic acids is 1. The summed E-state index contributed by atoms with van der Waals surface area (Å²) in [5.74, 6) is -1.65.